The van der Waals surface area contributed by atoms with Crippen molar-refractivity contribution in [1.82, 2.24) is 0 Å². The summed E-state index contributed by atoms with van der Waals surface area (Å²) in [4.78, 5) is 26.7. The van der Waals surface area contributed by atoms with Gasteiger partial charge in [0.05, 0.1) is 0 Å². The van der Waals surface area contributed by atoms with Crippen LogP contribution in [0.1, 0.15) is 21.9 Å². The molecule has 0 aromatic heterocycles. The van der Waals surface area contributed by atoms with Crippen molar-refractivity contribution in [1.29, 1.82) is 0 Å². The molecule has 0 saturated heterocycles. The molecule has 182 valence electrons. The summed E-state index contributed by atoms with van der Waals surface area (Å²) in [6, 6.07) is 32.3. The standard InChI is InChI=1S/C30H28N2O3S/c1-21-11-9-18-27(22(21)2)32-30(34)29(23-12-5-3-6-13-23)36-26-17-10-14-24(19-26)31-28(33)20-35-25-15-7-4-8-16-25/h3-19,29H,20H2,1-2H3,(H,31,33)(H,32,34). The summed E-state index contributed by atoms with van der Waals surface area (Å²) >= 11 is 1.44. The Hall–Kier alpha value is -4.03. The van der Waals surface area contributed by atoms with E-state index in [0.29, 0.717) is 11.4 Å². The SMILES string of the molecule is Cc1cccc(NC(=O)C(Sc2cccc(NC(=O)COc3ccccc3)c2)c2ccccc2)c1C. The van der Waals surface area contributed by atoms with Crippen molar-refractivity contribution in [3.63, 3.8) is 0 Å². The van der Waals surface area contributed by atoms with Gasteiger partial charge in [-0.3, -0.25) is 9.59 Å². The van der Waals surface area contributed by atoms with Gasteiger partial charge in [0, 0.05) is 16.3 Å². The molecule has 0 saturated carbocycles. The maximum Gasteiger partial charge on any atom is 0.262 e. The third-order valence-electron chi connectivity index (χ3n) is 5.69. The van der Waals surface area contributed by atoms with Gasteiger partial charge in [0.15, 0.2) is 6.61 Å². The Kier molecular flexibility index (Phi) is 8.42. The predicted octanol–water partition coefficient (Wildman–Crippen LogP) is 6.79. The van der Waals surface area contributed by atoms with Crippen molar-refractivity contribution in [2.75, 3.05) is 17.2 Å². The summed E-state index contributed by atoms with van der Waals surface area (Å²) in [6.45, 7) is 3.94. The van der Waals surface area contributed by atoms with E-state index in [-0.39, 0.29) is 18.4 Å². The van der Waals surface area contributed by atoms with E-state index >= 15 is 0 Å². The van der Waals surface area contributed by atoms with E-state index in [9.17, 15) is 9.59 Å². The second kappa shape index (κ2) is 12.1. The molecule has 0 aliphatic carbocycles. The first-order chi connectivity index (χ1) is 17.5. The van der Waals surface area contributed by atoms with Crippen LogP contribution in [-0.4, -0.2) is 18.4 Å². The number of carbonyl (C=O) groups is 2. The summed E-state index contributed by atoms with van der Waals surface area (Å²) < 4.78 is 5.53. The maximum absolute atomic E-state index is 13.4. The molecule has 0 fully saturated rings. The van der Waals surface area contributed by atoms with Crippen LogP contribution in [0.25, 0.3) is 0 Å². The normalized spacial score (nSPS) is 11.4. The van der Waals surface area contributed by atoms with Crippen molar-refractivity contribution in [3.8, 4) is 5.75 Å². The van der Waals surface area contributed by atoms with E-state index in [4.69, 9.17) is 4.74 Å². The van der Waals surface area contributed by atoms with Gasteiger partial charge in [0.2, 0.25) is 5.91 Å². The van der Waals surface area contributed by atoms with Crippen molar-refractivity contribution in [3.05, 3.63) is 120 Å². The van der Waals surface area contributed by atoms with Crippen LogP contribution in [0.3, 0.4) is 0 Å². The quantitative estimate of drug-likeness (QED) is 0.250. The molecule has 0 spiro atoms. The number of rotatable bonds is 9. The number of hydrogen-bond acceptors (Lipinski definition) is 4. The van der Waals surface area contributed by atoms with Gasteiger partial charge in [-0.25, -0.2) is 0 Å². The molecule has 6 heteroatoms. The largest absolute Gasteiger partial charge is 0.484 e. The zero-order valence-corrected chi connectivity index (χ0v) is 21.0. The van der Waals surface area contributed by atoms with Crippen molar-refractivity contribution in [2.24, 2.45) is 0 Å². The molecule has 4 aromatic rings. The summed E-state index contributed by atoms with van der Waals surface area (Å²) in [5.74, 6) is 0.274. The highest BCUT2D eigenvalue weighted by Gasteiger charge is 2.23. The zero-order chi connectivity index (χ0) is 25.3. The van der Waals surface area contributed by atoms with Gasteiger partial charge >= 0.3 is 0 Å². The number of thioether (sulfide) groups is 1. The molecule has 4 rings (SSSR count). The van der Waals surface area contributed by atoms with Crippen LogP contribution in [-0.2, 0) is 9.59 Å². The van der Waals surface area contributed by atoms with Gasteiger partial charge in [-0.15, -0.1) is 11.8 Å². The molecule has 4 aromatic carbocycles. The van der Waals surface area contributed by atoms with E-state index < -0.39 is 5.25 Å². The van der Waals surface area contributed by atoms with Crippen molar-refractivity contribution >= 4 is 35.0 Å². The molecule has 2 N–H and O–H groups in total. The number of para-hydroxylation sites is 1. The Morgan fingerprint density at radius 2 is 1.50 bits per heavy atom. The fourth-order valence-electron chi connectivity index (χ4n) is 3.63. The highest BCUT2D eigenvalue weighted by atomic mass is 32.2. The van der Waals surface area contributed by atoms with Gasteiger partial charge in [0.1, 0.15) is 11.0 Å². The number of nitrogens with one attached hydrogen (secondary N) is 2. The molecule has 1 unspecified atom stereocenters. The van der Waals surface area contributed by atoms with E-state index in [1.165, 1.54) is 11.8 Å². The molecule has 0 heterocycles. The van der Waals surface area contributed by atoms with Gasteiger partial charge < -0.3 is 15.4 Å². The van der Waals surface area contributed by atoms with Crippen LogP contribution < -0.4 is 15.4 Å². The molecule has 1 atom stereocenters. The third kappa shape index (κ3) is 6.77. The number of ether oxygens (including phenoxy) is 1. The average Bonchev–Trinajstić information content (AvgIpc) is 2.90. The maximum atomic E-state index is 13.4. The fourth-order valence-corrected chi connectivity index (χ4v) is 4.71. The van der Waals surface area contributed by atoms with Crippen molar-refractivity contribution in [2.45, 2.75) is 24.0 Å². The number of anilines is 2. The lowest BCUT2D eigenvalue weighted by Gasteiger charge is -2.19. The van der Waals surface area contributed by atoms with Crippen LogP contribution >= 0.6 is 11.8 Å². The van der Waals surface area contributed by atoms with Gasteiger partial charge in [-0.05, 0) is 66.9 Å². The van der Waals surface area contributed by atoms with E-state index in [0.717, 1.165) is 27.3 Å². The molecular weight excluding hydrogens is 468 g/mol. The Morgan fingerprint density at radius 3 is 2.25 bits per heavy atom. The molecule has 0 aliphatic rings. The topological polar surface area (TPSA) is 67.4 Å². The van der Waals surface area contributed by atoms with E-state index in [1.54, 1.807) is 12.1 Å². The lowest BCUT2D eigenvalue weighted by Crippen LogP contribution is -2.20. The number of aryl methyl sites for hydroxylation is 1. The third-order valence-corrected chi connectivity index (χ3v) is 6.94. The summed E-state index contributed by atoms with van der Waals surface area (Å²) in [6.07, 6.45) is 0. The van der Waals surface area contributed by atoms with Gasteiger partial charge in [-0.2, -0.15) is 0 Å². The van der Waals surface area contributed by atoms with Crippen LogP contribution in [0.2, 0.25) is 0 Å². The van der Waals surface area contributed by atoms with E-state index in [1.807, 2.05) is 105 Å². The molecule has 36 heavy (non-hydrogen) atoms. The lowest BCUT2D eigenvalue weighted by molar-refractivity contribution is -0.118. The van der Waals surface area contributed by atoms with Crippen LogP contribution in [0.4, 0.5) is 11.4 Å². The molecule has 5 nitrogen and oxygen atoms in total. The molecule has 0 aliphatic heterocycles. The van der Waals surface area contributed by atoms with Gasteiger partial charge in [-0.1, -0.05) is 66.7 Å². The second-order valence-corrected chi connectivity index (χ2v) is 9.50. The highest BCUT2D eigenvalue weighted by molar-refractivity contribution is 8.00. The minimum absolute atomic E-state index is 0.0910. The van der Waals surface area contributed by atoms with Gasteiger partial charge in [0.25, 0.3) is 5.91 Å². The first-order valence-electron chi connectivity index (χ1n) is 11.7. The average molecular weight is 497 g/mol. The van der Waals surface area contributed by atoms with Crippen molar-refractivity contribution < 1.29 is 14.3 Å². The summed E-state index contributed by atoms with van der Waals surface area (Å²) in [5.41, 5.74) is 4.52. The zero-order valence-electron chi connectivity index (χ0n) is 20.2. The Balaban J connectivity index is 1.47. The van der Waals surface area contributed by atoms with Crippen LogP contribution in [0.5, 0.6) is 5.75 Å². The summed E-state index contributed by atoms with van der Waals surface area (Å²) in [7, 11) is 0. The molecule has 2 amide bonds. The molecule has 0 bridgehead atoms. The van der Waals surface area contributed by atoms with Crippen LogP contribution in [0.15, 0.2) is 108 Å². The monoisotopic (exact) mass is 496 g/mol. The first kappa shape index (κ1) is 25.1. The molecule has 0 radical (unpaired) electrons. The Morgan fingerprint density at radius 1 is 0.806 bits per heavy atom. The minimum atomic E-state index is -0.474. The smallest absolute Gasteiger partial charge is 0.262 e. The predicted molar refractivity (Wildman–Crippen MR) is 147 cm³/mol. The van der Waals surface area contributed by atoms with Crippen LogP contribution in [0, 0.1) is 13.8 Å². The molecular formula is C30H28N2O3S. The summed E-state index contributed by atoms with van der Waals surface area (Å²) in [5, 5.41) is 5.50. The second-order valence-electron chi connectivity index (χ2n) is 8.32. The highest BCUT2D eigenvalue weighted by Crippen LogP contribution is 2.37. The Bertz CT molecular complexity index is 1330. The number of amides is 2. The number of carbonyl (C=O) groups excluding carboxylic acids is 2. The van der Waals surface area contributed by atoms with E-state index in [2.05, 4.69) is 10.6 Å². The first-order valence-corrected chi connectivity index (χ1v) is 12.5. The number of benzene rings is 4. The Labute approximate surface area is 215 Å². The fraction of sp³-hybridized carbons (Fsp3) is 0.133. The lowest BCUT2D eigenvalue weighted by atomic mass is 10.1. The minimum Gasteiger partial charge on any atom is -0.484 e. The number of hydrogen-bond donors (Lipinski definition) is 2.